The first kappa shape index (κ1) is 13.4. The molecule has 1 aromatic rings. The third kappa shape index (κ3) is 2.79. The highest BCUT2D eigenvalue weighted by molar-refractivity contribution is 6.31. The molecule has 0 saturated carbocycles. The van der Waals surface area contributed by atoms with Crippen LogP contribution in [0, 0.1) is 0 Å². The number of nitrogens with zero attached hydrogens (tertiary/aromatic N) is 1. The lowest BCUT2D eigenvalue weighted by Crippen LogP contribution is -2.65. The van der Waals surface area contributed by atoms with Crippen molar-refractivity contribution in [1.82, 2.24) is 4.90 Å². The highest BCUT2D eigenvalue weighted by atomic mass is 35.5. The summed E-state index contributed by atoms with van der Waals surface area (Å²) in [5, 5.41) is 0.850. The van der Waals surface area contributed by atoms with Crippen LogP contribution in [-0.4, -0.2) is 43.4 Å². The molecule has 19 heavy (non-hydrogen) atoms. The van der Waals surface area contributed by atoms with Gasteiger partial charge in [0.2, 0.25) is 0 Å². The van der Waals surface area contributed by atoms with E-state index in [0.29, 0.717) is 6.10 Å². The second kappa shape index (κ2) is 5.41. The van der Waals surface area contributed by atoms with Gasteiger partial charge in [0.05, 0.1) is 11.7 Å². The molecule has 0 amide bonds. The van der Waals surface area contributed by atoms with Gasteiger partial charge in [-0.2, -0.15) is 0 Å². The average Bonchev–Trinajstić information content (AvgIpc) is 2.40. The quantitative estimate of drug-likeness (QED) is 0.850. The predicted molar refractivity (Wildman–Crippen MR) is 75.4 cm³/mol. The van der Waals surface area contributed by atoms with E-state index in [1.165, 1.54) is 5.56 Å². The van der Waals surface area contributed by atoms with Crippen molar-refractivity contribution >= 4 is 11.6 Å². The molecule has 0 bridgehead atoms. The van der Waals surface area contributed by atoms with Gasteiger partial charge in [0.1, 0.15) is 0 Å². The van der Waals surface area contributed by atoms with E-state index >= 15 is 0 Å². The number of benzene rings is 1. The van der Waals surface area contributed by atoms with Crippen LogP contribution in [0.15, 0.2) is 24.3 Å². The number of likely N-dealkylation sites (tertiary alicyclic amines) is 1. The fraction of sp³-hybridized carbons (Fsp3) is 0.600. The minimum Gasteiger partial charge on any atom is -0.381 e. The van der Waals surface area contributed by atoms with Crippen molar-refractivity contribution in [2.75, 3.05) is 26.8 Å². The molecule has 2 saturated heterocycles. The topological polar surface area (TPSA) is 21.7 Å². The lowest BCUT2D eigenvalue weighted by Gasteiger charge is -2.53. The van der Waals surface area contributed by atoms with Crippen molar-refractivity contribution in [3.8, 4) is 0 Å². The number of methoxy groups -OCH3 is 1. The van der Waals surface area contributed by atoms with Gasteiger partial charge in [-0.15, -0.1) is 0 Å². The molecular weight excluding hydrogens is 262 g/mol. The molecule has 2 heterocycles. The van der Waals surface area contributed by atoms with Crippen LogP contribution in [0.3, 0.4) is 0 Å². The molecule has 0 aromatic heterocycles. The van der Waals surface area contributed by atoms with Crippen LogP contribution in [0.1, 0.15) is 18.4 Å². The Labute approximate surface area is 119 Å². The predicted octanol–water partition coefficient (Wildman–Crippen LogP) is 2.72. The van der Waals surface area contributed by atoms with Gasteiger partial charge in [-0.25, -0.2) is 0 Å². The lowest BCUT2D eigenvalue weighted by molar-refractivity contribution is -0.195. The highest BCUT2D eigenvalue weighted by Crippen LogP contribution is 2.36. The largest absolute Gasteiger partial charge is 0.381 e. The Morgan fingerprint density at radius 2 is 2.21 bits per heavy atom. The summed E-state index contributed by atoms with van der Waals surface area (Å²) in [4.78, 5) is 2.39. The molecule has 0 N–H and O–H groups in total. The smallest absolute Gasteiger partial charge is 0.0959 e. The first-order chi connectivity index (χ1) is 9.21. The summed E-state index contributed by atoms with van der Waals surface area (Å²) < 4.78 is 11.5. The molecule has 1 spiro atoms. The highest BCUT2D eigenvalue weighted by Gasteiger charge is 2.47. The molecule has 0 aliphatic carbocycles. The van der Waals surface area contributed by atoms with E-state index in [4.69, 9.17) is 21.1 Å². The van der Waals surface area contributed by atoms with Gasteiger partial charge in [0.25, 0.3) is 0 Å². The zero-order valence-corrected chi connectivity index (χ0v) is 12.0. The van der Waals surface area contributed by atoms with Crippen molar-refractivity contribution in [2.45, 2.75) is 31.1 Å². The third-order valence-electron chi connectivity index (χ3n) is 4.16. The molecule has 2 aliphatic rings. The summed E-state index contributed by atoms with van der Waals surface area (Å²) in [6.07, 6.45) is 2.39. The summed E-state index contributed by atoms with van der Waals surface area (Å²) in [5.74, 6) is 0. The van der Waals surface area contributed by atoms with Gasteiger partial charge in [-0.1, -0.05) is 29.8 Å². The fourth-order valence-corrected chi connectivity index (χ4v) is 3.35. The summed E-state index contributed by atoms with van der Waals surface area (Å²) in [6.45, 7) is 3.69. The molecule has 2 aliphatic heterocycles. The van der Waals surface area contributed by atoms with E-state index in [-0.39, 0.29) is 5.60 Å². The van der Waals surface area contributed by atoms with Crippen molar-refractivity contribution in [1.29, 1.82) is 0 Å². The minimum absolute atomic E-state index is 0.0280. The fourth-order valence-electron chi connectivity index (χ4n) is 3.15. The van der Waals surface area contributed by atoms with Gasteiger partial charge < -0.3 is 9.47 Å². The van der Waals surface area contributed by atoms with Crippen LogP contribution in [0.2, 0.25) is 5.02 Å². The van der Waals surface area contributed by atoms with Crippen LogP contribution in [0.4, 0.5) is 0 Å². The summed E-state index contributed by atoms with van der Waals surface area (Å²) in [7, 11) is 1.80. The molecule has 104 valence electrons. The van der Waals surface area contributed by atoms with Gasteiger partial charge in [0, 0.05) is 44.8 Å². The van der Waals surface area contributed by atoms with E-state index in [2.05, 4.69) is 11.0 Å². The molecule has 1 aromatic carbocycles. The average molecular weight is 282 g/mol. The van der Waals surface area contributed by atoms with Gasteiger partial charge in [-0.05, 0) is 18.1 Å². The number of hydrogen-bond acceptors (Lipinski definition) is 3. The number of rotatable bonds is 3. The van der Waals surface area contributed by atoms with E-state index < -0.39 is 0 Å². The molecule has 0 radical (unpaired) electrons. The third-order valence-corrected chi connectivity index (χ3v) is 4.53. The molecule has 1 atom stereocenters. The zero-order valence-electron chi connectivity index (χ0n) is 11.3. The van der Waals surface area contributed by atoms with Crippen molar-refractivity contribution in [2.24, 2.45) is 0 Å². The minimum atomic E-state index is 0.0280. The first-order valence-electron chi connectivity index (χ1n) is 6.83. The van der Waals surface area contributed by atoms with E-state index in [0.717, 1.165) is 44.1 Å². The van der Waals surface area contributed by atoms with Crippen LogP contribution >= 0.6 is 11.6 Å². The Kier molecular flexibility index (Phi) is 3.81. The van der Waals surface area contributed by atoms with Crippen LogP contribution in [0.5, 0.6) is 0 Å². The molecule has 1 unspecified atom stereocenters. The maximum atomic E-state index is 6.19. The second-order valence-electron chi connectivity index (χ2n) is 5.62. The van der Waals surface area contributed by atoms with E-state index in [1.54, 1.807) is 7.11 Å². The molecule has 3 rings (SSSR count). The summed E-state index contributed by atoms with van der Waals surface area (Å²) in [5.41, 5.74) is 1.22. The van der Waals surface area contributed by atoms with Gasteiger partial charge in [-0.3, -0.25) is 4.90 Å². The normalized spacial score (nSPS) is 26.3. The van der Waals surface area contributed by atoms with Crippen LogP contribution in [-0.2, 0) is 16.0 Å². The maximum absolute atomic E-state index is 6.19. The Bertz CT molecular complexity index is 446. The lowest BCUT2D eigenvalue weighted by atomic mass is 9.84. The Balaban J connectivity index is 1.56. The van der Waals surface area contributed by atoms with Crippen LogP contribution in [0.25, 0.3) is 0 Å². The molecule has 3 nitrogen and oxygen atoms in total. The second-order valence-corrected chi connectivity index (χ2v) is 6.03. The SMILES string of the molecule is COC1CCOC2(C1)CN(Cc1ccccc1Cl)C2. The number of halogens is 1. The molecule has 2 fully saturated rings. The van der Waals surface area contributed by atoms with Crippen LogP contribution < -0.4 is 0 Å². The summed E-state index contributed by atoms with van der Waals surface area (Å²) >= 11 is 6.19. The van der Waals surface area contributed by atoms with E-state index in [9.17, 15) is 0 Å². The van der Waals surface area contributed by atoms with Crippen molar-refractivity contribution in [3.05, 3.63) is 34.9 Å². The summed E-state index contributed by atoms with van der Waals surface area (Å²) in [6, 6.07) is 8.04. The van der Waals surface area contributed by atoms with Crippen molar-refractivity contribution < 1.29 is 9.47 Å². The Hall–Kier alpha value is -0.610. The maximum Gasteiger partial charge on any atom is 0.0959 e. The van der Waals surface area contributed by atoms with Gasteiger partial charge in [0.15, 0.2) is 0 Å². The number of hydrogen-bond donors (Lipinski definition) is 0. The standard InChI is InChI=1S/C15H20ClNO2/c1-18-13-6-7-19-15(8-13)10-17(11-15)9-12-4-2-3-5-14(12)16/h2-5,13H,6-11H2,1H3. The molecule has 4 heteroatoms. The first-order valence-corrected chi connectivity index (χ1v) is 7.21. The Morgan fingerprint density at radius 3 is 2.95 bits per heavy atom. The monoisotopic (exact) mass is 281 g/mol. The van der Waals surface area contributed by atoms with Gasteiger partial charge >= 0.3 is 0 Å². The molecular formula is C15H20ClNO2. The van der Waals surface area contributed by atoms with Crippen molar-refractivity contribution in [3.63, 3.8) is 0 Å². The Morgan fingerprint density at radius 1 is 1.42 bits per heavy atom. The zero-order chi connectivity index (χ0) is 13.3. The number of ether oxygens (including phenoxy) is 2. The van der Waals surface area contributed by atoms with E-state index in [1.807, 2.05) is 18.2 Å².